The van der Waals surface area contributed by atoms with Gasteiger partial charge in [-0.25, -0.2) is 0 Å². The van der Waals surface area contributed by atoms with E-state index in [0.29, 0.717) is 0 Å². The van der Waals surface area contributed by atoms with Crippen LogP contribution in [0.2, 0.25) is 0 Å². The van der Waals surface area contributed by atoms with Crippen molar-refractivity contribution in [1.29, 1.82) is 0 Å². The van der Waals surface area contributed by atoms with Crippen LogP contribution in [-0.4, -0.2) is 16.3 Å². The molecule has 0 rings (SSSR count). The van der Waals surface area contributed by atoms with Gasteiger partial charge in [0, 0.05) is 5.54 Å². The summed E-state index contributed by atoms with van der Waals surface area (Å²) in [6.45, 7) is 6.21. The minimum Gasteiger partial charge on any atom is -0.323 e. The van der Waals surface area contributed by atoms with Crippen LogP contribution in [0.1, 0.15) is 124 Å². The molecule has 0 saturated heterocycles. The van der Waals surface area contributed by atoms with Gasteiger partial charge < -0.3 is 5.73 Å². The van der Waals surface area contributed by atoms with E-state index in [4.69, 9.17) is 28.9 Å². The summed E-state index contributed by atoms with van der Waals surface area (Å²) in [5.74, 6) is 0. The third-order valence-corrected chi connectivity index (χ3v) is 6.51. The van der Waals surface area contributed by atoms with E-state index >= 15 is 0 Å². The lowest BCUT2D eigenvalue weighted by Crippen LogP contribution is -2.53. The van der Waals surface area contributed by atoms with Crippen molar-refractivity contribution in [3.63, 3.8) is 0 Å². The Balaban J connectivity index is 3.34. The Bertz CT molecular complexity index is 271. The molecule has 0 aromatic carbocycles. The summed E-state index contributed by atoms with van der Waals surface area (Å²) >= 11 is 12.5. The van der Waals surface area contributed by atoms with Crippen molar-refractivity contribution in [3.8, 4) is 0 Å². The first-order valence-electron chi connectivity index (χ1n) is 11.0. The molecule has 0 heterocycles. The van der Waals surface area contributed by atoms with Crippen LogP contribution in [0.3, 0.4) is 0 Å². The van der Waals surface area contributed by atoms with Crippen molar-refractivity contribution in [3.05, 3.63) is 0 Å². The average molecular weight is 395 g/mol. The van der Waals surface area contributed by atoms with Crippen molar-refractivity contribution < 1.29 is 0 Å². The van der Waals surface area contributed by atoms with Crippen LogP contribution < -0.4 is 5.73 Å². The molecule has 0 bridgehead atoms. The van der Waals surface area contributed by atoms with Crippen LogP contribution in [0.4, 0.5) is 0 Å². The Morgan fingerprint density at radius 1 is 0.600 bits per heavy atom. The first kappa shape index (κ1) is 25.5. The van der Waals surface area contributed by atoms with Gasteiger partial charge in [0.25, 0.3) is 0 Å². The first-order chi connectivity index (χ1) is 11.9. The summed E-state index contributed by atoms with van der Waals surface area (Å²) in [4.78, 5) is 0. The van der Waals surface area contributed by atoms with E-state index in [1.807, 2.05) is 13.8 Å². The zero-order chi connectivity index (χ0) is 19.0. The Labute approximate surface area is 168 Å². The van der Waals surface area contributed by atoms with Gasteiger partial charge in [0.2, 0.25) is 0 Å². The summed E-state index contributed by atoms with van der Waals surface area (Å²) < 4.78 is 0. The highest BCUT2D eigenvalue weighted by molar-refractivity contribution is 6.25. The monoisotopic (exact) mass is 393 g/mol. The van der Waals surface area contributed by atoms with Gasteiger partial charge in [0.15, 0.2) is 0 Å². The number of nitrogens with two attached hydrogens (primary N) is 1. The minimum absolute atomic E-state index is 0.0772. The molecule has 152 valence electrons. The summed E-state index contributed by atoms with van der Waals surface area (Å²) in [7, 11) is 0. The Morgan fingerprint density at radius 2 is 0.880 bits per heavy atom. The lowest BCUT2D eigenvalue weighted by atomic mass is 9.87. The summed E-state index contributed by atoms with van der Waals surface area (Å²) in [6, 6.07) is 0. The smallest absolute Gasteiger partial charge is 0.0501 e. The van der Waals surface area contributed by atoms with Crippen LogP contribution in [0, 0.1) is 0 Å². The number of halogens is 2. The molecule has 0 fully saturated rings. The van der Waals surface area contributed by atoms with Crippen LogP contribution in [0.5, 0.6) is 0 Å². The highest BCUT2D eigenvalue weighted by Crippen LogP contribution is 2.28. The van der Waals surface area contributed by atoms with Gasteiger partial charge in [-0.2, -0.15) is 0 Å². The molecule has 0 aliphatic heterocycles. The number of alkyl halides is 2. The topological polar surface area (TPSA) is 26.0 Å². The third kappa shape index (κ3) is 13.4. The van der Waals surface area contributed by atoms with Crippen molar-refractivity contribution in [1.82, 2.24) is 0 Å². The van der Waals surface area contributed by atoms with Gasteiger partial charge in [-0.15, -0.1) is 23.2 Å². The van der Waals surface area contributed by atoms with Gasteiger partial charge in [0.1, 0.15) is 0 Å². The maximum absolute atomic E-state index is 6.37. The van der Waals surface area contributed by atoms with E-state index in [-0.39, 0.29) is 10.8 Å². The lowest BCUT2D eigenvalue weighted by molar-refractivity contribution is 0.360. The highest BCUT2D eigenvalue weighted by Gasteiger charge is 2.34. The molecule has 2 atom stereocenters. The van der Waals surface area contributed by atoms with Gasteiger partial charge >= 0.3 is 0 Å². The van der Waals surface area contributed by atoms with E-state index in [0.717, 1.165) is 12.8 Å². The van der Waals surface area contributed by atoms with Gasteiger partial charge in [-0.05, 0) is 20.3 Å². The largest absolute Gasteiger partial charge is 0.323 e. The predicted molar refractivity (Wildman–Crippen MR) is 117 cm³/mol. The summed E-state index contributed by atoms with van der Waals surface area (Å²) in [5, 5.41) is -0.154. The third-order valence-electron chi connectivity index (χ3n) is 5.69. The SMILES string of the molecule is CCCCCCCCCCCCCCCCCC(N)(C(C)Cl)C(C)Cl. The molecule has 2 N–H and O–H groups in total. The predicted octanol–water partition coefficient (Wildman–Crippen LogP) is 8.20. The Kier molecular flexibility index (Phi) is 17.1. The fourth-order valence-corrected chi connectivity index (χ4v) is 4.18. The summed E-state index contributed by atoms with van der Waals surface area (Å²) in [5.41, 5.74) is 5.94. The van der Waals surface area contributed by atoms with Gasteiger partial charge in [0.05, 0.1) is 10.8 Å². The van der Waals surface area contributed by atoms with Crippen LogP contribution in [0.15, 0.2) is 0 Å². The molecule has 2 unspecified atom stereocenters. The van der Waals surface area contributed by atoms with Gasteiger partial charge in [-0.1, -0.05) is 103 Å². The second-order valence-corrected chi connectivity index (χ2v) is 9.35. The van der Waals surface area contributed by atoms with E-state index in [2.05, 4.69) is 6.92 Å². The second-order valence-electron chi connectivity index (χ2n) is 8.04. The molecule has 0 saturated carbocycles. The molecule has 0 aliphatic rings. The fourth-order valence-electron chi connectivity index (χ4n) is 3.52. The maximum Gasteiger partial charge on any atom is 0.0501 e. The molecule has 3 heteroatoms. The number of hydrogen-bond acceptors (Lipinski definition) is 1. The molecule has 0 radical (unpaired) electrons. The molecule has 0 aliphatic carbocycles. The van der Waals surface area contributed by atoms with E-state index < -0.39 is 5.54 Å². The number of rotatable bonds is 18. The zero-order valence-corrected chi connectivity index (χ0v) is 18.8. The van der Waals surface area contributed by atoms with Crippen molar-refractivity contribution in [2.75, 3.05) is 0 Å². The molecule has 0 amide bonds. The van der Waals surface area contributed by atoms with Crippen LogP contribution >= 0.6 is 23.2 Å². The average Bonchev–Trinajstić information content (AvgIpc) is 2.57. The van der Waals surface area contributed by atoms with Crippen LogP contribution in [0.25, 0.3) is 0 Å². The number of hydrogen-bond donors (Lipinski definition) is 1. The molecular weight excluding hydrogens is 349 g/mol. The van der Waals surface area contributed by atoms with Crippen molar-refractivity contribution in [2.45, 2.75) is 140 Å². The molecule has 1 nitrogen and oxygen atoms in total. The standard InChI is InChI=1S/C22H45Cl2N/c1-4-5-6-7-8-9-10-11-12-13-14-15-16-17-18-19-22(25,20(2)23)21(3)24/h20-21H,4-19,25H2,1-3H3. The minimum atomic E-state index is -0.431. The van der Waals surface area contributed by atoms with E-state index in [1.165, 1.54) is 89.9 Å². The van der Waals surface area contributed by atoms with E-state index in [1.54, 1.807) is 0 Å². The Morgan fingerprint density at radius 3 is 1.16 bits per heavy atom. The summed E-state index contributed by atoms with van der Waals surface area (Å²) in [6.07, 6.45) is 21.7. The quantitative estimate of drug-likeness (QED) is 0.184. The first-order valence-corrected chi connectivity index (χ1v) is 11.9. The van der Waals surface area contributed by atoms with Crippen molar-refractivity contribution >= 4 is 23.2 Å². The fraction of sp³-hybridized carbons (Fsp3) is 1.00. The second kappa shape index (κ2) is 16.7. The lowest BCUT2D eigenvalue weighted by Gasteiger charge is -2.35. The number of unbranched alkanes of at least 4 members (excludes halogenated alkanes) is 14. The van der Waals surface area contributed by atoms with Crippen LogP contribution in [-0.2, 0) is 0 Å². The Hall–Kier alpha value is 0.540. The molecule has 25 heavy (non-hydrogen) atoms. The highest BCUT2D eigenvalue weighted by atomic mass is 35.5. The molecule has 0 aromatic rings. The zero-order valence-electron chi connectivity index (χ0n) is 17.3. The molecular formula is C22H45Cl2N. The van der Waals surface area contributed by atoms with Gasteiger partial charge in [-0.3, -0.25) is 0 Å². The maximum atomic E-state index is 6.37. The van der Waals surface area contributed by atoms with Crippen molar-refractivity contribution in [2.24, 2.45) is 5.73 Å². The normalized spacial score (nSPS) is 16.6. The van der Waals surface area contributed by atoms with E-state index in [9.17, 15) is 0 Å². The molecule has 0 aromatic heterocycles. The molecule has 0 spiro atoms.